The van der Waals surface area contributed by atoms with Gasteiger partial charge < -0.3 is 14.6 Å². The Bertz CT molecular complexity index is 1310. The van der Waals surface area contributed by atoms with Crippen LogP contribution in [0.1, 0.15) is 43.7 Å². The largest absolute Gasteiger partial charge is 0.505 e. The predicted molar refractivity (Wildman–Crippen MR) is 125 cm³/mol. The van der Waals surface area contributed by atoms with Crippen LogP contribution in [-0.4, -0.2) is 42.0 Å². The summed E-state index contributed by atoms with van der Waals surface area (Å²) in [5, 5.41) is 10.6. The van der Waals surface area contributed by atoms with E-state index in [0.29, 0.717) is 11.5 Å². The first kappa shape index (κ1) is 23.3. The van der Waals surface area contributed by atoms with Crippen molar-refractivity contribution in [3.63, 3.8) is 0 Å². The number of nitrogens with zero attached hydrogens (tertiary/aromatic N) is 2. The molecule has 4 rings (SSSR count). The first-order chi connectivity index (χ1) is 15.6. The molecule has 1 amide bonds. The van der Waals surface area contributed by atoms with Gasteiger partial charge in [0.2, 0.25) is 5.91 Å². The summed E-state index contributed by atoms with van der Waals surface area (Å²) in [4.78, 5) is 14.1. The second kappa shape index (κ2) is 8.82. The normalized spacial score (nSPS) is 15.5. The van der Waals surface area contributed by atoms with Gasteiger partial charge in [-0.3, -0.25) is 4.79 Å². The second-order valence-corrected chi connectivity index (χ2v) is 11.2. The molecule has 1 aromatic heterocycles. The van der Waals surface area contributed by atoms with Crippen LogP contribution >= 0.6 is 0 Å². The number of aromatic nitrogens is 1. The van der Waals surface area contributed by atoms with Crippen LogP contribution in [-0.2, 0) is 27.4 Å². The van der Waals surface area contributed by atoms with Gasteiger partial charge in [0, 0.05) is 49.2 Å². The zero-order chi connectivity index (χ0) is 23.9. The van der Waals surface area contributed by atoms with Crippen molar-refractivity contribution in [3.8, 4) is 5.75 Å². The van der Waals surface area contributed by atoms with E-state index in [1.165, 1.54) is 11.6 Å². The van der Waals surface area contributed by atoms with Crippen LogP contribution in [0.2, 0.25) is 0 Å². The number of phenols is 1. The SMILES string of the molecule is CC(C)C(=O)N1CCC(c2cn(C)c3ccc(CS(=O)(=O)c4ccc(F)c(O)c4)cc23)CC1. The average Bonchev–Trinajstić information content (AvgIpc) is 3.10. The molecule has 0 aliphatic carbocycles. The molecule has 0 saturated carbocycles. The van der Waals surface area contributed by atoms with Crippen molar-refractivity contribution in [2.24, 2.45) is 13.0 Å². The Morgan fingerprint density at radius 3 is 2.48 bits per heavy atom. The number of amides is 1. The lowest BCUT2D eigenvalue weighted by Gasteiger charge is -2.33. The maximum Gasteiger partial charge on any atom is 0.225 e. The number of hydrogen-bond donors (Lipinski definition) is 1. The highest BCUT2D eigenvalue weighted by atomic mass is 32.2. The minimum Gasteiger partial charge on any atom is -0.505 e. The number of hydrogen-bond acceptors (Lipinski definition) is 4. The lowest BCUT2D eigenvalue weighted by atomic mass is 9.88. The molecule has 1 saturated heterocycles. The van der Waals surface area contributed by atoms with Gasteiger partial charge in [0.15, 0.2) is 21.4 Å². The lowest BCUT2D eigenvalue weighted by Crippen LogP contribution is -2.40. The fourth-order valence-electron chi connectivity index (χ4n) is 4.65. The fourth-order valence-corrected chi connectivity index (χ4v) is 6.00. The molecule has 2 aromatic carbocycles. The van der Waals surface area contributed by atoms with Crippen LogP contribution in [0.4, 0.5) is 4.39 Å². The molecule has 1 fully saturated rings. The van der Waals surface area contributed by atoms with Gasteiger partial charge in [0.05, 0.1) is 10.6 Å². The van der Waals surface area contributed by atoms with E-state index in [2.05, 4.69) is 6.20 Å². The van der Waals surface area contributed by atoms with Gasteiger partial charge in [-0.15, -0.1) is 0 Å². The van der Waals surface area contributed by atoms with Crippen molar-refractivity contribution in [1.29, 1.82) is 0 Å². The van der Waals surface area contributed by atoms with Gasteiger partial charge >= 0.3 is 0 Å². The van der Waals surface area contributed by atoms with Crippen LogP contribution in [0.15, 0.2) is 47.5 Å². The number of carbonyl (C=O) groups excluding carboxylic acids is 1. The van der Waals surface area contributed by atoms with Gasteiger partial charge in [0.25, 0.3) is 0 Å². The molecule has 1 N–H and O–H groups in total. The first-order valence-corrected chi connectivity index (χ1v) is 12.8. The number of carbonyl (C=O) groups is 1. The summed E-state index contributed by atoms with van der Waals surface area (Å²) in [5.41, 5.74) is 2.82. The number of phenolic OH excluding ortho intramolecular Hbond substituents is 1. The highest BCUT2D eigenvalue weighted by Gasteiger charge is 2.27. The van der Waals surface area contributed by atoms with Crippen molar-refractivity contribution in [1.82, 2.24) is 9.47 Å². The van der Waals surface area contributed by atoms with E-state index in [9.17, 15) is 22.7 Å². The van der Waals surface area contributed by atoms with E-state index < -0.39 is 21.4 Å². The average molecular weight is 473 g/mol. The monoisotopic (exact) mass is 472 g/mol. The van der Waals surface area contributed by atoms with Crippen molar-refractivity contribution in [3.05, 3.63) is 59.5 Å². The van der Waals surface area contributed by atoms with Crippen molar-refractivity contribution in [2.75, 3.05) is 13.1 Å². The number of rotatable bonds is 5. The van der Waals surface area contributed by atoms with Gasteiger partial charge in [-0.2, -0.15) is 0 Å². The van der Waals surface area contributed by atoms with Crippen molar-refractivity contribution >= 4 is 26.6 Å². The van der Waals surface area contributed by atoms with Crippen LogP contribution in [0.3, 0.4) is 0 Å². The zero-order valence-electron chi connectivity index (χ0n) is 19.1. The van der Waals surface area contributed by atoms with Crippen LogP contribution in [0.25, 0.3) is 10.9 Å². The number of sulfone groups is 1. The summed E-state index contributed by atoms with van der Waals surface area (Å²) >= 11 is 0. The topological polar surface area (TPSA) is 79.6 Å². The van der Waals surface area contributed by atoms with Crippen LogP contribution in [0.5, 0.6) is 5.75 Å². The predicted octanol–water partition coefficient (Wildman–Crippen LogP) is 4.36. The van der Waals surface area contributed by atoms with Crippen molar-refractivity contribution < 1.29 is 22.7 Å². The molecule has 3 aromatic rings. The molecular weight excluding hydrogens is 443 g/mol. The van der Waals surface area contributed by atoms with Gasteiger partial charge in [-0.25, -0.2) is 12.8 Å². The smallest absolute Gasteiger partial charge is 0.225 e. The molecule has 6 nitrogen and oxygen atoms in total. The fraction of sp³-hybridized carbons (Fsp3) is 0.400. The summed E-state index contributed by atoms with van der Waals surface area (Å²) in [7, 11) is -1.78. The number of aryl methyl sites for hydroxylation is 1. The number of benzene rings is 2. The summed E-state index contributed by atoms with van der Waals surface area (Å²) in [6, 6.07) is 8.70. The zero-order valence-corrected chi connectivity index (χ0v) is 19.9. The molecule has 33 heavy (non-hydrogen) atoms. The van der Waals surface area contributed by atoms with E-state index in [1.54, 1.807) is 6.07 Å². The van der Waals surface area contributed by atoms with E-state index in [0.717, 1.165) is 49.0 Å². The molecule has 8 heteroatoms. The quantitative estimate of drug-likeness (QED) is 0.560. The minimum atomic E-state index is -3.75. The summed E-state index contributed by atoms with van der Waals surface area (Å²) in [5.74, 6) is -1.31. The lowest BCUT2D eigenvalue weighted by molar-refractivity contribution is -0.135. The molecule has 1 aliphatic rings. The summed E-state index contributed by atoms with van der Waals surface area (Å²) in [6.45, 7) is 5.28. The Morgan fingerprint density at radius 2 is 1.85 bits per heavy atom. The molecule has 176 valence electrons. The third kappa shape index (κ3) is 4.62. The maximum atomic E-state index is 13.4. The standard InChI is InChI=1S/C25H29FN2O4S/c1-16(2)25(30)28-10-8-18(9-11-28)21-14-27(3)23-7-4-17(12-20(21)23)15-33(31,32)19-5-6-22(26)24(29)13-19/h4-7,12-14,16,18,29H,8-11,15H2,1-3H3. The number of halogens is 1. The van der Waals surface area contributed by atoms with E-state index in [1.807, 2.05) is 42.5 Å². The molecule has 2 heterocycles. The van der Waals surface area contributed by atoms with Crippen molar-refractivity contribution in [2.45, 2.75) is 43.3 Å². The van der Waals surface area contributed by atoms with Gasteiger partial charge in [0.1, 0.15) is 0 Å². The third-order valence-electron chi connectivity index (χ3n) is 6.46. The second-order valence-electron chi connectivity index (χ2n) is 9.17. The Kier molecular flexibility index (Phi) is 6.22. The van der Waals surface area contributed by atoms with Gasteiger partial charge in [-0.1, -0.05) is 19.9 Å². The van der Waals surface area contributed by atoms with E-state index in [-0.39, 0.29) is 22.5 Å². The minimum absolute atomic E-state index is 0.00775. The van der Waals surface area contributed by atoms with Gasteiger partial charge in [-0.05, 0) is 54.2 Å². The van der Waals surface area contributed by atoms with E-state index in [4.69, 9.17) is 0 Å². The Balaban J connectivity index is 1.60. The number of fused-ring (bicyclic) bond motifs is 1. The molecule has 0 radical (unpaired) electrons. The summed E-state index contributed by atoms with van der Waals surface area (Å²) in [6.07, 6.45) is 3.84. The number of likely N-dealkylation sites (tertiary alicyclic amines) is 1. The Labute approximate surface area is 193 Å². The first-order valence-electron chi connectivity index (χ1n) is 11.1. The highest BCUT2D eigenvalue weighted by Crippen LogP contribution is 2.35. The van der Waals surface area contributed by atoms with Crippen LogP contribution < -0.4 is 0 Å². The number of piperidine rings is 1. The Hall–Kier alpha value is -2.87. The number of aromatic hydroxyl groups is 1. The molecular formula is C25H29FN2O4S. The molecule has 0 atom stereocenters. The molecule has 0 spiro atoms. The molecule has 1 aliphatic heterocycles. The Morgan fingerprint density at radius 1 is 1.15 bits per heavy atom. The molecule has 0 bridgehead atoms. The highest BCUT2D eigenvalue weighted by molar-refractivity contribution is 7.90. The maximum absolute atomic E-state index is 13.4. The third-order valence-corrected chi connectivity index (χ3v) is 8.14. The van der Waals surface area contributed by atoms with E-state index >= 15 is 0 Å². The summed E-state index contributed by atoms with van der Waals surface area (Å²) < 4.78 is 41.1. The van der Waals surface area contributed by atoms with Crippen LogP contribution in [0, 0.1) is 11.7 Å². The molecule has 0 unspecified atom stereocenters.